The molecule has 7 nitrogen and oxygen atoms in total. The van der Waals surface area contributed by atoms with E-state index in [1.165, 1.54) is 11.1 Å². The Kier molecular flexibility index (Phi) is 16.7. The number of fused-ring (bicyclic) bond motifs is 2. The lowest BCUT2D eigenvalue weighted by atomic mass is 10.0. The second-order valence-electron chi connectivity index (χ2n) is 13.6. The lowest BCUT2D eigenvalue weighted by Crippen LogP contribution is -2.17. The van der Waals surface area contributed by atoms with Crippen LogP contribution in [0.2, 0.25) is 0 Å². The maximum Gasteiger partial charge on any atom is 0.319 e. The zero-order chi connectivity index (χ0) is 38.5. The maximum atomic E-state index is 12.3. The monoisotopic (exact) mass is 762 g/mol. The molecule has 0 amide bonds. The molecule has 2 heterocycles. The van der Waals surface area contributed by atoms with Crippen molar-refractivity contribution >= 4 is 30.1 Å². The van der Waals surface area contributed by atoms with Crippen molar-refractivity contribution in [2.75, 3.05) is 26.3 Å². The summed E-state index contributed by atoms with van der Waals surface area (Å²) in [5.74, 6) is 13.4. The van der Waals surface area contributed by atoms with Gasteiger partial charge >= 0.3 is 8.25 Å². The number of nitrogens with zero attached hydrogens (tertiary/aromatic N) is 2. The third-order valence-corrected chi connectivity index (χ3v) is 10.3. The predicted molar refractivity (Wildman–Crippen MR) is 230 cm³/mol. The Morgan fingerprint density at radius 1 is 0.536 bits per heavy atom. The molecule has 0 aliphatic heterocycles. The second-order valence-corrected chi connectivity index (χ2v) is 14.7. The van der Waals surface area contributed by atoms with Crippen molar-refractivity contribution in [1.82, 2.24) is 20.6 Å². The van der Waals surface area contributed by atoms with Crippen LogP contribution in [0.5, 0.6) is 0 Å². The SMILES string of the molecule is O=[PH](OCCCNCc1ccc(C#CCCCc2ccccc2)c2cccnc12)OCCCNCc1ccc(C#CCCCc2ccccc2)c2cccnc12. The number of benzene rings is 4. The minimum Gasteiger partial charge on any atom is -0.313 e. The van der Waals surface area contributed by atoms with Gasteiger partial charge in [-0.15, -0.1) is 0 Å². The molecule has 2 aromatic heterocycles. The molecule has 0 aliphatic carbocycles. The molecule has 0 spiro atoms. The molecule has 6 rings (SSSR count). The van der Waals surface area contributed by atoms with Crippen LogP contribution in [0.3, 0.4) is 0 Å². The zero-order valence-corrected chi connectivity index (χ0v) is 33.1. The van der Waals surface area contributed by atoms with Crippen molar-refractivity contribution in [3.63, 3.8) is 0 Å². The Morgan fingerprint density at radius 2 is 1.00 bits per heavy atom. The van der Waals surface area contributed by atoms with Crippen molar-refractivity contribution in [2.45, 2.75) is 64.5 Å². The number of aromatic nitrogens is 2. The molecule has 0 radical (unpaired) electrons. The standard InChI is InChI=1S/C48H51N4O3P/c53-56(54-35-15-31-49-37-43-29-27-41(45-25-13-33-51-47(43)45)23-11-3-9-21-39-17-5-1-6-18-39)55-36-16-32-50-38-44-30-28-42(46-26-14-34-52-48(44)46)24-12-4-10-22-40-19-7-2-8-20-40/h1-2,5-8,13-14,17-20,25-30,33-34,49-50,56H,3-4,9-10,15-16,21-22,31-32,35-38H2. The van der Waals surface area contributed by atoms with Crippen molar-refractivity contribution < 1.29 is 13.6 Å². The lowest BCUT2D eigenvalue weighted by molar-refractivity contribution is 0.220. The minimum absolute atomic E-state index is 0.370. The van der Waals surface area contributed by atoms with Gasteiger partial charge in [-0.25, -0.2) is 0 Å². The van der Waals surface area contributed by atoms with Gasteiger partial charge in [0.15, 0.2) is 0 Å². The Morgan fingerprint density at radius 3 is 1.46 bits per heavy atom. The van der Waals surface area contributed by atoms with Crippen LogP contribution in [0.15, 0.2) is 122 Å². The summed E-state index contributed by atoms with van der Waals surface area (Å²) in [6.07, 6.45) is 11.0. The van der Waals surface area contributed by atoms with Gasteiger partial charge in [0.2, 0.25) is 0 Å². The predicted octanol–water partition coefficient (Wildman–Crippen LogP) is 9.61. The van der Waals surface area contributed by atoms with E-state index in [-0.39, 0.29) is 0 Å². The topological polar surface area (TPSA) is 85.4 Å². The van der Waals surface area contributed by atoms with E-state index in [1.807, 2.05) is 36.7 Å². The van der Waals surface area contributed by atoms with E-state index >= 15 is 0 Å². The Bertz CT molecular complexity index is 2120. The maximum absolute atomic E-state index is 12.3. The van der Waals surface area contributed by atoms with Gasteiger partial charge in [0.05, 0.1) is 24.2 Å². The fraction of sp³-hybridized carbons (Fsp3) is 0.292. The molecule has 0 fully saturated rings. The summed E-state index contributed by atoms with van der Waals surface area (Å²) in [5.41, 5.74) is 8.90. The van der Waals surface area contributed by atoms with E-state index in [0.29, 0.717) is 26.3 Å². The molecule has 0 aliphatic rings. The van der Waals surface area contributed by atoms with Crippen LogP contribution in [-0.2, 0) is 39.5 Å². The second kappa shape index (κ2) is 23.1. The van der Waals surface area contributed by atoms with Crippen LogP contribution in [0.1, 0.15) is 71.9 Å². The van der Waals surface area contributed by atoms with Gasteiger partial charge in [-0.1, -0.05) is 109 Å². The number of hydrogen-bond donors (Lipinski definition) is 2. The Labute approximate surface area is 332 Å². The molecule has 0 bridgehead atoms. The summed E-state index contributed by atoms with van der Waals surface area (Å²) in [6, 6.07) is 37.6. The number of hydrogen-bond acceptors (Lipinski definition) is 7. The minimum atomic E-state index is -2.54. The zero-order valence-electron chi connectivity index (χ0n) is 32.1. The summed E-state index contributed by atoms with van der Waals surface area (Å²) in [7, 11) is -2.54. The van der Waals surface area contributed by atoms with Crippen molar-refractivity contribution in [3.8, 4) is 23.7 Å². The highest BCUT2D eigenvalue weighted by Crippen LogP contribution is 2.24. The normalized spacial score (nSPS) is 11.0. The van der Waals surface area contributed by atoms with Crippen LogP contribution in [0, 0.1) is 23.7 Å². The summed E-state index contributed by atoms with van der Waals surface area (Å²) in [4.78, 5) is 9.33. The first-order valence-electron chi connectivity index (χ1n) is 19.7. The molecule has 6 aromatic rings. The lowest BCUT2D eigenvalue weighted by Gasteiger charge is -2.10. The van der Waals surface area contributed by atoms with E-state index in [4.69, 9.17) is 9.05 Å². The van der Waals surface area contributed by atoms with Gasteiger partial charge in [0, 0.05) is 60.2 Å². The van der Waals surface area contributed by atoms with Crippen molar-refractivity contribution in [2.24, 2.45) is 0 Å². The highest BCUT2D eigenvalue weighted by atomic mass is 31.1. The van der Waals surface area contributed by atoms with Gasteiger partial charge in [-0.3, -0.25) is 14.5 Å². The summed E-state index contributed by atoms with van der Waals surface area (Å²) < 4.78 is 23.3. The number of nitrogens with one attached hydrogen (secondary N) is 2. The Hall–Kier alpha value is -5.11. The average Bonchev–Trinajstić information content (AvgIpc) is 3.24. The smallest absolute Gasteiger partial charge is 0.313 e. The fourth-order valence-electron chi connectivity index (χ4n) is 6.53. The summed E-state index contributed by atoms with van der Waals surface area (Å²) >= 11 is 0. The van der Waals surface area contributed by atoms with Gasteiger partial charge in [-0.2, -0.15) is 0 Å². The first-order chi connectivity index (χ1) is 27.7. The number of aryl methyl sites for hydroxylation is 2. The molecule has 8 heteroatoms. The average molecular weight is 763 g/mol. The van der Waals surface area contributed by atoms with E-state index in [9.17, 15) is 4.57 Å². The van der Waals surface area contributed by atoms with Gasteiger partial charge in [-0.05, 0) is 98.1 Å². The molecule has 0 unspecified atom stereocenters. The molecule has 56 heavy (non-hydrogen) atoms. The molecule has 0 atom stereocenters. The van der Waals surface area contributed by atoms with E-state index in [0.717, 1.165) is 109 Å². The fourth-order valence-corrected chi connectivity index (χ4v) is 7.23. The van der Waals surface area contributed by atoms with Crippen LogP contribution in [0.25, 0.3) is 21.8 Å². The van der Waals surface area contributed by atoms with E-state index in [1.54, 1.807) is 0 Å². The molecular formula is C48H51N4O3P. The molecule has 2 N–H and O–H groups in total. The third-order valence-electron chi connectivity index (χ3n) is 9.44. The highest BCUT2D eigenvalue weighted by molar-refractivity contribution is 7.33. The number of rotatable bonds is 20. The first-order valence-corrected chi connectivity index (χ1v) is 21.0. The first kappa shape index (κ1) is 40.6. The molecular weight excluding hydrogens is 712 g/mol. The van der Waals surface area contributed by atoms with Gasteiger partial charge in [0.1, 0.15) is 0 Å². The van der Waals surface area contributed by atoms with Crippen LogP contribution >= 0.6 is 8.25 Å². The molecule has 4 aromatic carbocycles. The van der Waals surface area contributed by atoms with E-state index in [2.05, 4.69) is 129 Å². The number of pyridine rings is 2. The Balaban J connectivity index is 0.833. The summed E-state index contributed by atoms with van der Waals surface area (Å²) in [5, 5.41) is 9.08. The van der Waals surface area contributed by atoms with Crippen LogP contribution in [0.4, 0.5) is 0 Å². The molecule has 0 saturated carbocycles. The van der Waals surface area contributed by atoms with Gasteiger partial charge < -0.3 is 19.7 Å². The quantitative estimate of drug-likeness (QED) is 0.0455. The van der Waals surface area contributed by atoms with Crippen LogP contribution < -0.4 is 10.6 Å². The van der Waals surface area contributed by atoms with Crippen molar-refractivity contribution in [1.29, 1.82) is 0 Å². The van der Waals surface area contributed by atoms with Crippen molar-refractivity contribution in [3.05, 3.63) is 155 Å². The van der Waals surface area contributed by atoms with Crippen LogP contribution in [-0.4, -0.2) is 36.3 Å². The van der Waals surface area contributed by atoms with Gasteiger partial charge in [0.25, 0.3) is 0 Å². The highest BCUT2D eigenvalue weighted by Gasteiger charge is 2.08. The third kappa shape index (κ3) is 13.0. The van der Waals surface area contributed by atoms with E-state index < -0.39 is 8.25 Å². The largest absolute Gasteiger partial charge is 0.319 e. The molecule has 286 valence electrons. The molecule has 0 saturated heterocycles. The summed E-state index contributed by atoms with van der Waals surface area (Å²) in [6.45, 7) is 3.54. The number of unbranched alkanes of at least 4 members (excludes halogenated alkanes) is 2.